The highest BCUT2D eigenvalue weighted by molar-refractivity contribution is 5.50. The number of nitrogens with zero attached hydrogens (tertiary/aromatic N) is 1. The van der Waals surface area contributed by atoms with Gasteiger partial charge in [-0.05, 0) is 47.4 Å². The van der Waals surface area contributed by atoms with Gasteiger partial charge in [0.1, 0.15) is 5.75 Å². The van der Waals surface area contributed by atoms with Crippen LogP contribution in [0.2, 0.25) is 0 Å². The Balaban J connectivity index is 2.23. The number of hydrogen-bond acceptors (Lipinski definition) is 2. The smallest absolute Gasteiger partial charge is 0.416 e. The van der Waals surface area contributed by atoms with E-state index in [1.165, 1.54) is 0 Å². The van der Waals surface area contributed by atoms with Gasteiger partial charge in [-0.1, -0.05) is 32.9 Å². The summed E-state index contributed by atoms with van der Waals surface area (Å²) in [5, 5.41) is 0. The third-order valence-corrected chi connectivity index (χ3v) is 3.76. The third kappa shape index (κ3) is 5.69. The zero-order chi connectivity index (χ0) is 18.7. The van der Waals surface area contributed by atoms with Gasteiger partial charge in [0, 0.05) is 18.8 Å². The third-order valence-electron chi connectivity index (χ3n) is 3.76. The van der Waals surface area contributed by atoms with Gasteiger partial charge in [-0.3, -0.25) is 0 Å². The molecular weight excluding hydrogens is 327 g/mol. The Morgan fingerprint density at radius 1 is 0.880 bits per heavy atom. The van der Waals surface area contributed by atoms with E-state index in [9.17, 15) is 13.2 Å². The largest absolute Gasteiger partial charge is 0.497 e. The first kappa shape index (κ1) is 19.2. The molecule has 0 atom stereocenters. The summed E-state index contributed by atoms with van der Waals surface area (Å²) < 4.78 is 43.3. The monoisotopic (exact) mass is 351 g/mol. The molecule has 0 aromatic heterocycles. The summed E-state index contributed by atoms with van der Waals surface area (Å²) in [5.74, 6) is 0.772. The predicted octanol–water partition coefficient (Wildman–Crippen LogP) is 5.77. The van der Waals surface area contributed by atoms with Crippen molar-refractivity contribution < 1.29 is 17.9 Å². The van der Waals surface area contributed by atoms with Gasteiger partial charge in [0.05, 0.1) is 12.7 Å². The number of methoxy groups -OCH3 is 1. The van der Waals surface area contributed by atoms with Crippen molar-refractivity contribution in [2.24, 2.45) is 5.41 Å². The predicted molar refractivity (Wildman–Crippen MR) is 94.9 cm³/mol. The molecule has 2 aromatic carbocycles. The molecule has 136 valence electrons. The van der Waals surface area contributed by atoms with Crippen LogP contribution in [0.3, 0.4) is 0 Å². The van der Waals surface area contributed by atoms with E-state index in [1.54, 1.807) is 19.2 Å². The summed E-state index contributed by atoms with van der Waals surface area (Å²) in [4.78, 5) is 2.17. The lowest BCUT2D eigenvalue weighted by molar-refractivity contribution is -0.137. The van der Waals surface area contributed by atoms with E-state index in [0.29, 0.717) is 6.54 Å². The Morgan fingerprint density at radius 2 is 1.44 bits per heavy atom. The molecular formula is C20H24F3NO. The van der Waals surface area contributed by atoms with Crippen molar-refractivity contribution in [2.45, 2.75) is 33.5 Å². The zero-order valence-corrected chi connectivity index (χ0v) is 15.0. The number of alkyl halides is 3. The minimum absolute atomic E-state index is 0.0475. The van der Waals surface area contributed by atoms with Crippen LogP contribution in [0.4, 0.5) is 18.9 Å². The molecule has 0 aliphatic carbocycles. The van der Waals surface area contributed by atoms with Gasteiger partial charge in [0.15, 0.2) is 0 Å². The van der Waals surface area contributed by atoms with Crippen LogP contribution in [0.5, 0.6) is 5.75 Å². The second kappa shape index (κ2) is 7.38. The summed E-state index contributed by atoms with van der Waals surface area (Å²) in [6.45, 7) is 7.73. The van der Waals surface area contributed by atoms with Crippen LogP contribution in [0.1, 0.15) is 31.9 Å². The molecule has 2 rings (SSSR count). The van der Waals surface area contributed by atoms with Gasteiger partial charge in [-0.25, -0.2) is 0 Å². The van der Waals surface area contributed by atoms with Crippen molar-refractivity contribution >= 4 is 5.69 Å². The molecule has 0 bridgehead atoms. The Labute approximate surface area is 147 Å². The van der Waals surface area contributed by atoms with Gasteiger partial charge in [0.25, 0.3) is 0 Å². The van der Waals surface area contributed by atoms with Crippen molar-refractivity contribution in [1.82, 2.24) is 0 Å². The van der Waals surface area contributed by atoms with Crippen LogP contribution in [0.25, 0.3) is 0 Å². The number of rotatable bonds is 5. The second-order valence-corrected chi connectivity index (χ2v) is 7.31. The summed E-state index contributed by atoms with van der Waals surface area (Å²) >= 11 is 0. The number of benzene rings is 2. The minimum Gasteiger partial charge on any atom is -0.497 e. The van der Waals surface area contributed by atoms with E-state index in [4.69, 9.17) is 4.74 Å². The Hall–Kier alpha value is -2.17. The van der Waals surface area contributed by atoms with E-state index >= 15 is 0 Å². The van der Waals surface area contributed by atoms with E-state index in [1.807, 2.05) is 24.3 Å². The first-order chi connectivity index (χ1) is 11.6. The highest BCUT2D eigenvalue weighted by Gasteiger charge is 2.30. The molecule has 0 aliphatic rings. The molecule has 0 unspecified atom stereocenters. The topological polar surface area (TPSA) is 12.5 Å². The molecule has 0 aliphatic heterocycles. The molecule has 0 radical (unpaired) electrons. The van der Waals surface area contributed by atoms with Gasteiger partial charge >= 0.3 is 6.18 Å². The fraction of sp³-hybridized carbons (Fsp3) is 0.400. The fourth-order valence-electron chi connectivity index (χ4n) is 2.62. The number of halogens is 3. The maximum Gasteiger partial charge on any atom is 0.416 e. The van der Waals surface area contributed by atoms with Crippen LogP contribution in [0, 0.1) is 5.41 Å². The molecule has 0 amide bonds. The molecule has 0 spiro atoms. The zero-order valence-electron chi connectivity index (χ0n) is 15.0. The highest BCUT2D eigenvalue weighted by Crippen LogP contribution is 2.30. The molecule has 0 N–H and O–H groups in total. The summed E-state index contributed by atoms with van der Waals surface area (Å²) in [5.41, 5.74) is 1.28. The second-order valence-electron chi connectivity index (χ2n) is 7.31. The standard InChI is InChI=1S/C20H24F3NO/c1-19(2,3)14-24(17-9-11-18(25-4)12-10-17)13-15-5-7-16(8-6-15)20(21,22)23/h5-12H,13-14H2,1-4H3. The summed E-state index contributed by atoms with van der Waals surface area (Å²) in [6.07, 6.45) is -4.31. The molecule has 0 saturated carbocycles. The average Bonchev–Trinajstić information content (AvgIpc) is 2.53. The van der Waals surface area contributed by atoms with Gasteiger partial charge in [-0.2, -0.15) is 13.2 Å². The maximum absolute atomic E-state index is 12.7. The van der Waals surface area contributed by atoms with Crippen LogP contribution >= 0.6 is 0 Å². The van der Waals surface area contributed by atoms with Crippen molar-refractivity contribution in [3.8, 4) is 5.75 Å². The summed E-state index contributed by atoms with van der Waals surface area (Å²) in [7, 11) is 1.62. The van der Waals surface area contributed by atoms with E-state index in [0.717, 1.165) is 35.7 Å². The maximum atomic E-state index is 12.7. The molecule has 2 nitrogen and oxygen atoms in total. The van der Waals surface area contributed by atoms with Gasteiger partial charge in [-0.15, -0.1) is 0 Å². The first-order valence-corrected chi connectivity index (χ1v) is 8.14. The molecule has 0 heterocycles. The van der Waals surface area contributed by atoms with Crippen molar-refractivity contribution in [3.63, 3.8) is 0 Å². The van der Waals surface area contributed by atoms with Crippen LogP contribution in [-0.2, 0) is 12.7 Å². The lowest BCUT2D eigenvalue weighted by Crippen LogP contribution is -2.32. The van der Waals surface area contributed by atoms with Crippen molar-refractivity contribution in [2.75, 3.05) is 18.6 Å². The fourth-order valence-corrected chi connectivity index (χ4v) is 2.62. The molecule has 0 fully saturated rings. The molecule has 2 aromatic rings. The highest BCUT2D eigenvalue weighted by atomic mass is 19.4. The Morgan fingerprint density at radius 3 is 1.88 bits per heavy atom. The van der Waals surface area contributed by atoms with Gasteiger partial charge in [0.2, 0.25) is 0 Å². The van der Waals surface area contributed by atoms with E-state index in [2.05, 4.69) is 25.7 Å². The number of hydrogen-bond donors (Lipinski definition) is 0. The first-order valence-electron chi connectivity index (χ1n) is 8.14. The Bertz CT molecular complexity index is 670. The SMILES string of the molecule is COc1ccc(N(Cc2ccc(C(F)(F)F)cc2)CC(C)(C)C)cc1. The van der Waals surface area contributed by atoms with Crippen LogP contribution < -0.4 is 9.64 Å². The summed E-state index contributed by atoms with van der Waals surface area (Å²) in [6, 6.07) is 13.1. The molecule has 0 saturated heterocycles. The molecule has 5 heteroatoms. The van der Waals surface area contributed by atoms with Crippen molar-refractivity contribution in [1.29, 1.82) is 0 Å². The van der Waals surface area contributed by atoms with Crippen molar-refractivity contribution in [3.05, 3.63) is 59.7 Å². The number of anilines is 1. The minimum atomic E-state index is -4.31. The van der Waals surface area contributed by atoms with Crippen LogP contribution in [0.15, 0.2) is 48.5 Å². The normalized spacial score (nSPS) is 12.1. The lowest BCUT2D eigenvalue weighted by Gasteiger charge is -2.32. The molecule has 25 heavy (non-hydrogen) atoms. The Kier molecular flexibility index (Phi) is 5.65. The van der Waals surface area contributed by atoms with E-state index < -0.39 is 11.7 Å². The number of ether oxygens (including phenoxy) is 1. The van der Waals surface area contributed by atoms with E-state index in [-0.39, 0.29) is 5.41 Å². The van der Waals surface area contributed by atoms with Gasteiger partial charge < -0.3 is 9.64 Å². The quantitative estimate of drug-likeness (QED) is 0.678. The van der Waals surface area contributed by atoms with Crippen LogP contribution in [-0.4, -0.2) is 13.7 Å². The lowest BCUT2D eigenvalue weighted by atomic mass is 9.95. The average molecular weight is 351 g/mol.